The summed E-state index contributed by atoms with van der Waals surface area (Å²) in [7, 11) is 1.58. The first kappa shape index (κ1) is 20.6. The van der Waals surface area contributed by atoms with Gasteiger partial charge in [-0.25, -0.2) is 0 Å². The zero-order valence-corrected chi connectivity index (χ0v) is 16.2. The largest absolute Gasteiger partial charge is 0.385 e. The molecule has 1 aromatic heterocycles. The predicted octanol–water partition coefficient (Wildman–Crippen LogP) is 1.85. The molecule has 0 unspecified atom stereocenters. The molecular formula is C20H27N3O4. The highest BCUT2D eigenvalue weighted by Crippen LogP contribution is 2.22. The van der Waals surface area contributed by atoms with Crippen LogP contribution in [0.4, 0.5) is 0 Å². The van der Waals surface area contributed by atoms with Crippen LogP contribution in [0.1, 0.15) is 30.6 Å². The molecule has 0 atom stereocenters. The molecule has 2 aromatic rings. The van der Waals surface area contributed by atoms with Crippen LogP contribution in [0.5, 0.6) is 0 Å². The highest BCUT2D eigenvalue weighted by molar-refractivity contribution is 6.45. The van der Waals surface area contributed by atoms with Gasteiger partial charge in [-0.05, 0) is 26.3 Å². The lowest BCUT2D eigenvalue weighted by Crippen LogP contribution is -2.33. The summed E-state index contributed by atoms with van der Waals surface area (Å²) in [5, 5.41) is 3.28. The fourth-order valence-electron chi connectivity index (χ4n) is 3.00. The number of nitrogens with one attached hydrogen (secondary N) is 1. The van der Waals surface area contributed by atoms with E-state index in [0.29, 0.717) is 43.6 Å². The minimum Gasteiger partial charge on any atom is -0.385 e. The van der Waals surface area contributed by atoms with Crippen molar-refractivity contribution in [2.75, 3.05) is 33.4 Å². The Morgan fingerprint density at radius 3 is 2.52 bits per heavy atom. The zero-order chi connectivity index (χ0) is 19.8. The average molecular weight is 373 g/mol. The number of likely N-dealkylation sites (N-methyl/N-ethyl adjacent to an activating group) is 1. The first-order valence-electron chi connectivity index (χ1n) is 9.20. The summed E-state index contributed by atoms with van der Waals surface area (Å²) >= 11 is 0. The number of para-hydroxylation sites is 1. The molecule has 7 heteroatoms. The van der Waals surface area contributed by atoms with Crippen molar-refractivity contribution < 1.29 is 19.1 Å². The van der Waals surface area contributed by atoms with E-state index in [2.05, 4.69) is 5.32 Å². The third kappa shape index (κ3) is 4.95. The molecule has 0 aliphatic carbocycles. The molecule has 0 bridgehead atoms. The minimum atomic E-state index is -0.649. The third-order valence-corrected chi connectivity index (χ3v) is 4.47. The van der Waals surface area contributed by atoms with Crippen LogP contribution in [0.2, 0.25) is 0 Å². The molecule has 0 saturated heterocycles. The van der Waals surface area contributed by atoms with Crippen molar-refractivity contribution in [2.24, 2.45) is 0 Å². The van der Waals surface area contributed by atoms with E-state index < -0.39 is 11.7 Å². The SMILES string of the molecule is CCN(CC)C(=O)Cn1cc(C(=O)C(=O)NCCCOC)c2ccccc21. The molecular weight excluding hydrogens is 346 g/mol. The Bertz CT molecular complexity index is 809. The zero-order valence-electron chi connectivity index (χ0n) is 16.2. The van der Waals surface area contributed by atoms with Crippen LogP contribution in [-0.4, -0.2) is 60.4 Å². The summed E-state index contributed by atoms with van der Waals surface area (Å²) < 4.78 is 6.67. The molecule has 0 radical (unpaired) electrons. The summed E-state index contributed by atoms with van der Waals surface area (Å²) in [5.41, 5.74) is 1.07. The second-order valence-electron chi connectivity index (χ2n) is 6.19. The van der Waals surface area contributed by atoms with Crippen LogP contribution in [0.25, 0.3) is 10.9 Å². The Labute approximate surface area is 159 Å². The van der Waals surface area contributed by atoms with Crippen molar-refractivity contribution in [3.05, 3.63) is 36.0 Å². The van der Waals surface area contributed by atoms with E-state index in [1.807, 2.05) is 32.0 Å². The summed E-state index contributed by atoms with van der Waals surface area (Å²) in [6.45, 7) is 6.13. The van der Waals surface area contributed by atoms with E-state index >= 15 is 0 Å². The van der Waals surface area contributed by atoms with Gasteiger partial charge in [0.05, 0.1) is 5.56 Å². The van der Waals surface area contributed by atoms with Gasteiger partial charge in [0.25, 0.3) is 11.7 Å². The minimum absolute atomic E-state index is 0.0243. The number of amides is 2. The molecule has 7 nitrogen and oxygen atoms in total. The monoisotopic (exact) mass is 373 g/mol. The van der Waals surface area contributed by atoms with Gasteiger partial charge in [0.2, 0.25) is 5.91 Å². The number of hydrogen-bond donors (Lipinski definition) is 1. The van der Waals surface area contributed by atoms with E-state index in [9.17, 15) is 14.4 Å². The number of Topliss-reactive ketones (excluding diaryl/α,β-unsaturated/α-hetero) is 1. The molecule has 27 heavy (non-hydrogen) atoms. The second-order valence-corrected chi connectivity index (χ2v) is 6.19. The van der Waals surface area contributed by atoms with Crippen molar-refractivity contribution >= 4 is 28.5 Å². The van der Waals surface area contributed by atoms with Gasteiger partial charge in [-0.2, -0.15) is 0 Å². The number of benzene rings is 1. The number of carbonyl (C=O) groups is 3. The van der Waals surface area contributed by atoms with E-state index in [-0.39, 0.29) is 12.5 Å². The van der Waals surface area contributed by atoms with Crippen LogP contribution < -0.4 is 5.32 Å². The van der Waals surface area contributed by atoms with Gasteiger partial charge in [0, 0.05) is 50.5 Å². The number of nitrogens with zero attached hydrogens (tertiary/aromatic N) is 2. The molecule has 2 rings (SSSR count). The number of aromatic nitrogens is 1. The first-order chi connectivity index (χ1) is 13.0. The average Bonchev–Trinajstić information content (AvgIpc) is 3.04. The van der Waals surface area contributed by atoms with Gasteiger partial charge in [0.1, 0.15) is 6.54 Å². The maximum Gasteiger partial charge on any atom is 0.292 e. The summed E-state index contributed by atoms with van der Waals surface area (Å²) in [6, 6.07) is 7.29. The quantitative estimate of drug-likeness (QED) is 0.391. The lowest BCUT2D eigenvalue weighted by atomic mass is 10.1. The van der Waals surface area contributed by atoms with Gasteiger partial charge in [-0.15, -0.1) is 0 Å². The van der Waals surface area contributed by atoms with Crippen LogP contribution in [-0.2, 0) is 20.9 Å². The fraction of sp³-hybridized carbons (Fsp3) is 0.450. The highest BCUT2D eigenvalue weighted by Gasteiger charge is 2.22. The van der Waals surface area contributed by atoms with Crippen LogP contribution in [0, 0.1) is 0 Å². The van der Waals surface area contributed by atoms with Gasteiger partial charge < -0.3 is 19.5 Å². The van der Waals surface area contributed by atoms with E-state index in [0.717, 1.165) is 5.52 Å². The maximum absolute atomic E-state index is 12.6. The lowest BCUT2D eigenvalue weighted by Gasteiger charge is -2.19. The molecule has 146 valence electrons. The van der Waals surface area contributed by atoms with Crippen molar-refractivity contribution in [1.82, 2.24) is 14.8 Å². The Balaban J connectivity index is 2.24. The number of ketones is 1. The summed E-state index contributed by atoms with van der Waals surface area (Å²) in [4.78, 5) is 39.0. The Hall–Kier alpha value is -2.67. The molecule has 0 spiro atoms. The van der Waals surface area contributed by atoms with Crippen molar-refractivity contribution in [2.45, 2.75) is 26.8 Å². The number of hydrogen-bond acceptors (Lipinski definition) is 4. The topological polar surface area (TPSA) is 80.6 Å². The summed E-state index contributed by atoms with van der Waals surface area (Å²) in [6.07, 6.45) is 2.23. The predicted molar refractivity (Wildman–Crippen MR) is 104 cm³/mol. The number of carbonyl (C=O) groups excluding carboxylic acids is 3. The maximum atomic E-state index is 12.6. The van der Waals surface area contributed by atoms with Gasteiger partial charge in [-0.3, -0.25) is 14.4 Å². The molecule has 1 heterocycles. The van der Waals surface area contributed by atoms with Crippen molar-refractivity contribution in [3.8, 4) is 0 Å². The normalized spacial score (nSPS) is 10.8. The Morgan fingerprint density at radius 1 is 1.15 bits per heavy atom. The smallest absolute Gasteiger partial charge is 0.292 e. The third-order valence-electron chi connectivity index (χ3n) is 4.47. The molecule has 1 N–H and O–H groups in total. The van der Waals surface area contributed by atoms with Crippen molar-refractivity contribution in [1.29, 1.82) is 0 Å². The number of ether oxygens (including phenoxy) is 1. The van der Waals surface area contributed by atoms with Crippen LogP contribution in [0.3, 0.4) is 0 Å². The molecule has 1 aromatic carbocycles. The summed E-state index contributed by atoms with van der Waals surface area (Å²) in [5.74, 6) is -1.27. The molecule has 2 amide bonds. The van der Waals surface area contributed by atoms with E-state index in [1.54, 1.807) is 28.8 Å². The van der Waals surface area contributed by atoms with Gasteiger partial charge in [0.15, 0.2) is 0 Å². The fourth-order valence-corrected chi connectivity index (χ4v) is 3.00. The molecule has 0 fully saturated rings. The number of methoxy groups -OCH3 is 1. The van der Waals surface area contributed by atoms with Gasteiger partial charge >= 0.3 is 0 Å². The number of fused-ring (bicyclic) bond motifs is 1. The lowest BCUT2D eigenvalue weighted by molar-refractivity contribution is -0.131. The van der Waals surface area contributed by atoms with E-state index in [1.165, 1.54) is 0 Å². The molecule has 0 saturated carbocycles. The molecule has 0 aliphatic heterocycles. The van der Waals surface area contributed by atoms with Crippen LogP contribution in [0.15, 0.2) is 30.5 Å². The van der Waals surface area contributed by atoms with E-state index in [4.69, 9.17) is 4.74 Å². The molecule has 0 aliphatic rings. The standard InChI is InChI=1S/C20H27N3O4/c1-4-22(5-2)18(24)14-23-13-16(15-9-6-7-10-17(15)23)19(25)20(26)21-11-8-12-27-3/h6-7,9-10,13H,4-5,8,11-12,14H2,1-3H3,(H,21,26). The first-order valence-corrected chi connectivity index (χ1v) is 9.20. The van der Waals surface area contributed by atoms with Crippen molar-refractivity contribution in [3.63, 3.8) is 0 Å². The van der Waals surface area contributed by atoms with Gasteiger partial charge in [-0.1, -0.05) is 18.2 Å². The number of rotatable bonds is 10. The second kappa shape index (κ2) is 9.87. The highest BCUT2D eigenvalue weighted by atomic mass is 16.5. The van der Waals surface area contributed by atoms with Crippen LogP contribution >= 0.6 is 0 Å². The Morgan fingerprint density at radius 2 is 1.85 bits per heavy atom. The Kier molecular flexibility index (Phi) is 7.55.